The summed E-state index contributed by atoms with van der Waals surface area (Å²) in [7, 11) is 0. The van der Waals surface area contributed by atoms with E-state index < -0.39 is 0 Å². The van der Waals surface area contributed by atoms with E-state index in [4.69, 9.17) is 23.8 Å². The van der Waals surface area contributed by atoms with Crippen molar-refractivity contribution in [3.8, 4) is 34.4 Å². The van der Waals surface area contributed by atoms with E-state index in [0.29, 0.717) is 17.6 Å². The highest BCUT2D eigenvalue weighted by Crippen LogP contribution is 2.43. The second-order valence-corrected chi connectivity index (χ2v) is 16.0. The summed E-state index contributed by atoms with van der Waals surface area (Å²) >= 11 is 0. The average molecular weight is 794 g/mol. The van der Waals surface area contributed by atoms with Gasteiger partial charge in [0.2, 0.25) is 5.95 Å². The van der Waals surface area contributed by atoms with Crippen LogP contribution in [0.3, 0.4) is 0 Å². The number of hydrogen-bond donors (Lipinski definition) is 0. The first-order valence-electron chi connectivity index (χ1n) is 20.8. The molecule has 0 fully saturated rings. The summed E-state index contributed by atoms with van der Waals surface area (Å²) in [6.07, 6.45) is 0. The average Bonchev–Trinajstić information content (AvgIpc) is 4.07. The minimum atomic E-state index is 0.517. The van der Waals surface area contributed by atoms with Crippen molar-refractivity contribution in [1.29, 1.82) is 0 Å². The Balaban J connectivity index is 1.15. The molecule has 62 heavy (non-hydrogen) atoms. The molecule has 14 rings (SSSR count). The van der Waals surface area contributed by atoms with Gasteiger partial charge in [0.25, 0.3) is 0 Å². The molecule has 288 valence electrons. The van der Waals surface area contributed by atoms with Crippen molar-refractivity contribution < 1.29 is 8.83 Å². The Hall–Kier alpha value is -8.55. The summed E-state index contributed by atoms with van der Waals surface area (Å²) in [4.78, 5) is 16.4. The molecule has 9 aromatic carbocycles. The number of aromatic nitrogens is 5. The van der Waals surface area contributed by atoms with Crippen LogP contribution in [0.1, 0.15) is 0 Å². The van der Waals surface area contributed by atoms with E-state index in [-0.39, 0.29) is 0 Å². The highest BCUT2D eigenvalue weighted by atomic mass is 16.3. The van der Waals surface area contributed by atoms with E-state index in [1.165, 1.54) is 5.39 Å². The molecule has 5 heterocycles. The van der Waals surface area contributed by atoms with Crippen LogP contribution in [0.5, 0.6) is 0 Å². The van der Waals surface area contributed by atoms with Crippen LogP contribution in [-0.2, 0) is 0 Å². The number of furan rings is 2. The maximum Gasteiger partial charge on any atom is 0.238 e. The summed E-state index contributed by atoms with van der Waals surface area (Å²) in [6.45, 7) is 0. The van der Waals surface area contributed by atoms with Crippen molar-refractivity contribution in [2.24, 2.45) is 0 Å². The van der Waals surface area contributed by atoms with Crippen molar-refractivity contribution >= 4 is 98.3 Å². The quantitative estimate of drug-likeness (QED) is 0.177. The van der Waals surface area contributed by atoms with Gasteiger partial charge in [0.15, 0.2) is 11.6 Å². The standard InChI is InChI=1S/C55H31N5O2/c1-2-15-33-29-46-40(28-32(33)14-1)36-18-5-8-22-43(36)59(46)47-31-51-41(37-19-6-11-25-48(37)62-51)30-42(47)54-56-53(39-21-13-27-50-52(39)38-20-7-12-26-49(38)61-50)57-55(58-54)60-44-23-9-3-16-34(44)35-17-4-10-24-45(35)60/h1-31H. The Morgan fingerprint density at radius 3 is 1.58 bits per heavy atom. The third-order valence-corrected chi connectivity index (χ3v) is 12.6. The van der Waals surface area contributed by atoms with E-state index in [9.17, 15) is 0 Å². The van der Waals surface area contributed by atoms with E-state index in [2.05, 4.69) is 155 Å². The van der Waals surface area contributed by atoms with Crippen LogP contribution in [0.25, 0.3) is 133 Å². The summed E-state index contributed by atoms with van der Waals surface area (Å²) in [5, 5.41) is 10.9. The predicted molar refractivity (Wildman–Crippen MR) is 251 cm³/mol. The summed E-state index contributed by atoms with van der Waals surface area (Å²) < 4.78 is 17.6. The van der Waals surface area contributed by atoms with E-state index in [1.807, 2.05) is 42.5 Å². The van der Waals surface area contributed by atoms with E-state index >= 15 is 0 Å². The molecular weight excluding hydrogens is 763 g/mol. The van der Waals surface area contributed by atoms with Crippen LogP contribution >= 0.6 is 0 Å². The monoisotopic (exact) mass is 793 g/mol. The molecular formula is C55H31N5O2. The summed E-state index contributed by atoms with van der Waals surface area (Å²) in [5.74, 6) is 1.59. The Morgan fingerprint density at radius 2 is 0.855 bits per heavy atom. The highest BCUT2D eigenvalue weighted by molar-refractivity contribution is 6.16. The van der Waals surface area contributed by atoms with Crippen molar-refractivity contribution in [3.05, 3.63) is 188 Å². The number of hydrogen-bond acceptors (Lipinski definition) is 5. The summed E-state index contributed by atoms with van der Waals surface area (Å²) in [6, 6.07) is 65.5. The van der Waals surface area contributed by atoms with E-state index in [0.717, 1.165) is 110 Å². The molecule has 0 saturated heterocycles. The lowest BCUT2D eigenvalue weighted by Gasteiger charge is -2.16. The Bertz CT molecular complexity index is 4130. The van der Waals surface area contributed by atoms with Gasteiger partial charge in [-0.15, -0.1) is 0 Å². The fourth-order valence-corrected chi connectivity index (χ4v) is 9.84. The van der Waals surface area contributed by atoms with Crippen LogP contribution in [0, 0.1) is 0 Å². The zero-order chi connectivity index (χ0) is 40.5. The molecule has 5 aromatic heterocycles. The topological polar surface area (TPSA) is 74.8 Å². The molecule has 14 aromatic rings. The normalized spacial score (nSPS) is 12.2. The molecule has 0 amide bonds. The third kappa shape index (κ3) is 4.67. The Morgan fingerprint density at radius 1 is 0.323 bits per heavy atom. The molecule has 0 unspecified atom stereocenters. The van der Waals surface area contributed by atoms with Crippen LogP contribution in [0.4, 0.5) is 0 Å². The molecule has 0 aliphatic rings. The third-order valence-electron chi connectivity index (χ3n) is 12.6. The smallest absolute Gasteiger partial charge is 0.238 e. The van der Waals surface area contributed by atoms with Gasteiger partial charge in [-0.25, -0.2) is 4.98 Å². The van der Waals surface area contributed by atoms with Crippen LogP contribution < -0.4 is 0 Å². The molecule has 0 bridgehead atoms. The second-order valence-electron chi connectivity index (χ2n) is 16.0. The molecule has 0 aliphatic carbocycles. The first-order chi connectivity index (χ1) is 30.7. The highest BCUT2D eigenvalue weighted by Gasteiger charge is 2.25. The fraction of sp³-hybridized carbons (Fsp3) is 0. The number of rotatable bonds is 4. The van der Waals surface area contributed by atoms with Crippen molar-refractivity contribution in [1.82, 2.24) is 24.1 Å². The first-order valence-corrected chi connectivity index (χ1v) is 20.8. The molecule has 0 aliphatic heterocycles. The number of nitrogens with zero attached hydrogens (tertiary/aromatic N) is 5. The molecule has 0 saturated carbocycles. The lowest BCUT2D eigenvalue weighted by Crippen LogP contribution is -2.08. The van der Waals surface area contributed by atoms with Crippen molar-refractivity contribution in [2.45, 2.75) is 0 Å². The largest absolute Gasteiger partial charge is 0.456 e. The number of benzene rings is 9. The number of fused-ring (bicyclic) bond motifs is 13. The minimum Gasteiger partial charge on any atom is -0.456 e. The maximum atomic E-state index is 6.65. The SMILES string of the molecule is c1ccc2cc3c(cc2c1)c1ccccc1n3-c1cc2oc3ccccc3c2cc1-c1nc(-c2cccc3oc4ccccc4c23)nc(-n2c3ccccc3c3ccccc32)n1. The molecule has 0 atom stereocenters. The predicted octanol–water partition coefficient (Wildman–Crippen LogP) is 14.4. The lowest BCUT2D eigenvalue weighted by atomic mass is 10.0. The van der Waals surface area contributed by atoms with Gasteiger partial charge in [0, 0.05) is 60.3 Å². The molecule has 0 spiro atoms. The minimum absolute atomic E-state index is 0.517. The maximum absolute atomic E-state index is 6.65. The van der Waals surface area contributed by atoms with Gasteiger partial charge in [-0.2, -0.15) is 9.97 Å². The van der Waals surface area contributed by atoms with Crippen molar-refractivity contribution in [3.63, 3.8) is 0 Å². The first kappa shape index (κ1) is 33.3. The van der Waals surface area contributed by atoms with Gasteiger partial charge in [0.1, 0.15) is 22.3 Å². The molecule has 0 radical (unpaired) electrons. The Kier molecular flexibility index (Phi) is 6.71. The van der Waals surface area contributed by atoms with Gasteiger partial charge in [-0.1, -0.05) is 127 Å². The van der Waals surface area contributed by atoms with Crippen LogP contribution in [0.15, 0.2) is 197 Å². The van der Waals surface area contributed by atoms with Gasteiger partial charge >= 0.3 is 0 Å². The fourth-order valence-electron chi connectivity index (χ4n) is 9.84. The second kappa shape index (κ2) is 12.5. The molecule has 0 N–H and O–H groups in total. The summed E-state index contributed by atoms with van der Waals surface area (Å²) in [5.41, 5.74) is 9.95. The number of para-hydroxylation sites is 5. The van der Waals surface area contributed by atoms with Gasteiger partial charge < -0.3 is 13.4 Å². The zero-order valence-electron chi connectivity index (χ0n) is 33.0. The van der Waals surface area contributed by atoms with Crippen molar-refractivity contribution in [2.75, 3.05) is 0 Å². The zero-order valence-corrected chi connectivity index (χ0v) is 33.0. The Labute approximate surface area is 352 Å². The van der Waals surface area contributed by atoms with Crippen LogP contribution in [0.2, 0.25) is 0 Å². The van der Waals surface area contributed by atoms with Gasteiger partial charge in [0.05, 0.1) is 27.8 Å². The van der Waals surface area contributed by atoms with Crippen LogP contribution in [-0.4, -0.2) is 24.1 Å². The van der Waals surface area contributed by atoms with Gasteiger partial charge in [-0.3, -0.25) is 4.57 Å². The van der Waals surface area contributed by atoms with E-state index in [1.54, 1.807) is 0 Å². The van der Waals surface area contributed by atoms with Gasteiger partial charge in [-0.05, 0) is 65.4 Å². The molecule has 7 heteroatoms. The molecule has 7 nitrogen and oxygen atoms in total. The lowest BCUT2D eigenvalue weighted by molar-refractivity contribution is 0.668.